The molecule has 0 aromatic carbocycles. The van der Waals surface area contributed by atoms with Crippen LogP contribution in [0.5, 0.6) is 0 Å². The Bertz CT molecular complexity index is 493. The average molecular weight is 266 g/mol. The fourth-order valence-corrected chi connectivity index (χ4v) is 2.26. The highest BCUT2D eigenvalue weighted by atomic mass is 19.1. The fourth-order valence-electron chi connectivity index (χ4n) is 2.26. The van der Waals surface area contributed by atoms with Crippen molar-refractivity contribution >= 4 is 11.9 Å². The zero-order chi connectivity index (χ0) is 13.8. The van der Waals surface area contributed by atoms with E-state index in [1.165, 1.54) is 24.3 Å². The molecule has 19 heavy (non-hydrogen) atoms. The van der Waals surface area contributed by atoms with Crippen LogP contribution in [-0.4, -0.2) is 41.5 Å². The number of likely N-dealkylation sites (tertiary alicyclic amines) is 1. The van der Waals surface area contributed by atoms with Gasteiger partial charge in [-0.05, 0) is 25.3 Å². The number of piperidine rings is 1. The van der Waals surface area contributed by atoms with Crippen LogP contribution in [0.1, 0.15) is 29.6 Å². The van der Waals surface area contributed by atoms with Crippen molar-refractivity contribution in [3.63, 3.8) is 0 Å². The lowest BCUT2D eigenvalue weighted by atomic mass is 10.0. The lowest BCUT2D eigenvalue weighted by Crippen LogP contribution is -2.48. The molecular formula is C13H15FN2O3. The summed E-state index contributed by atoms with van der Waals surface area (Å²) >= 11 is 0. The molecule has 0 bridgehead atoms. The number of pyridine rings is 1. The molecule has 2 heterocycles. The summed E-state index contributed by atoms with van der Waals surface area (Å²) in [6, 6.07) is 0.694. The van der Waals surface area contributed by atoms with Crippen molar-refractivity contribution in [2.75, 3.05) is 13.7 Å². The van der Waals surface area contributed by atoms with E-state index in [-0.39, 0.29) is 5.56 Å². The lowest BCUT2D eigenvalue weighted by Gasteiger charge is -2.33. The first-order valence-corrected chi connectivity index (χ1v) is 6.13. The lowest BCUT2D eigenvalue weighted by molar-refractivity contribution is -0.147. The first-order valence-electron chi connectivity index (χ1n) is 6.13. The van der Waals surface area contributed by atoms with Gasteiger partial charge in [-0.3, -0.25) is 9.78 Å². The van der Waals surface area contributed by atoms with Crippen LogP contribution in [0.4, 0.5) is 4.39 Å². The molecule has 0 saturated carbocycles. The average Bonchev–Trinajstić information content (AvgIpc) is 2.46. The zero-order valence-electron chi connectivity index (χ0n) is 10.6. The van der Waals surface area contributed by atoms with Gasteiger partial charge in [0.05, 0.1) is 18.9 Å². The van der Waals surface area contributed by atoms with E-state index in [9.17, 15) is 14.0 Å². The van der Waals surface area contributed by atoms with Crippen LogP contribution in [0, 0.1) is 5.82 Å². The zero-order valence-corrected chi connectivity index (χ0v) is 10.6. The van der Waals surface area contributed by atoms with Gasteiger partial charge in [0.1, 0.15) is 6.04 Å². The van der Waals surface area contributed by atoms with Gasteiger partial charge in [-0.15, -0.1) is 0 Å². The molecule has 0 N–H and O–H groups in total. The molecule has 0 aliphatic carbocycles. The van der Waals surface area contributed by atoms with Crippen LogP contribution in [0.3, 0.4) is 0 Å². The van der Waals surface area contributed by atoms with E-state index in [0.29, 0.717) is 13.0 Å². The smallest absolute Gasteiger partial charge is 0.328 e. The van der Waals surface area contributed by atoms with E-state index >= 15 is 0 Å². The number of ether oxygens (including phenoxy) is 1. The molecule has 1 amide bonds. The SMILES string of the molecule is COC(=O)C1CCCCN1C(=O)c1ccncc1F. The van der Waals surface area contributed by atoms with Gasteiger partial charge in [0, 0.05) is 12.7 Å². The van der Waals surface area contributed by atoms with Crippen LogP contribution in [0.15, 0.2) is 18.5 Å². The number of hydrogen-bond donors (Lipinski definition) is 0. The number of esters is 1. The number of methoxy groups -OCH3 is 1. The Hall–Kier alpha value is -1.98. The molecule has 102 valence electrons. The van der Waals surface area contributed by atoms with E-state index in [1.807, 2.05) is 0 Å². The van der Waals surface area contributed by atoms with Gasteiger partial charge in [0.15, 0.2) is 5.82 Å². The topological polar surface area (TPSA) is 59.5 Å². The third-order valence-electron chi connectivity index (χ3n) is 3.24. The van der Waals surface area contributed by atoms with E-state index < -0.39 is 23.7 Å². The third kappa shape index (κ3) is 2.72. The van der Waals surface area contributed by atoms with Crippen molar-refractivity contribution in [1.29, 1.82) is 0 Å². The first kappa shape index (κ1) is 13.5. The van der Waals surface area contributed by atoms with Crippen LogP contribution < -0.4 is 0 Å². The molecule has 5 nitrogen and oxygen atoms in total. The highest BCUT2D eigenvalue weighted by Gasteiger charge is 2.34. The number of aromatic nitrogens is 1. The Labute approximate surface area is 110 Å². The molecule has 1 aliphatic heterocycles. The maximum Gasteiger partial charge on any atom is 0.328 e. The van der Waals surface area contributed by atoms with Crippen molar-refractivity contribution in [3.05, 3.63) is 29.8 Å². The number of halogens is 1. The Morgan fingerprint density at radius 1 is 1.47 bits per heavy atom. The largest absolute Gasteiger partial charge is 0.467 e. The highest BCUT2D eigenvalue weighted by Crippen LogP contribution is 2.21. The molecule has 1 fully saturated rings. The van der Waals surface area contributed by atoms with Crippen LogP contribution in [0.2, 0.25) is 0 Å². The van der Waals surface area contributed by atoms with Gasteiger partial charge in [-0.2, -0.15) is 0 Å². The summed E-state index contributed by atoms with van der Waals surface area (Å²) in [6.45, 7) is 0.431. The van der Waals surface area contributed by atoms with Gasteiger partial charge in [-0.25, -0.2) is 9.18 Å². The Morgan fingerprint density at radius 2 is 2.26 bits per heavy atom. The van der Waals surface area contributed by atoms with E-state index in [4.69, 9.17) is 4.74 Å². The van der Waals surface area contributed by atoms with Crippen molar-refractivity contribution in [2.45, 2.75) is 25.3 Å². The van der Waals surface area contributed by atoms with Crippen LogP contribution in [-0.2, 0) is 9.53 Å². The number of hydrogen-bond acceptors (Lipinski definition) is 4. The third-order valence-corrected chi connectivity index (χ3v) is 3.24. The molecule has 1 unspecified atom stereocenters. The quantitative estimate of drug-likeness (QED) is 0.759. The van der Waals surface area contributed by atoms with Crippen molar-refractivity contribution < 1.29 is 18.7 Å². The highest BCUT2D eigenvalue weighted by molar-refractivity contribution is 5.97. The van der Waals surface area contributed by atoms with Gasteiger partial charge >= 0.3 is 5.97 Å². The predicted octanol–water partition coefficient (Wildman–Crippen LogP) is 1.39. The van der Waals surface area contributed by atoms with Crippen molar-refractivity contribution in [1.82, 2.24) is 9.88 Å². The van der Waals surface area contributed by atoms with Gasteiger partial charge in [-0.1, -0.05) is 0 Å². The Kier molecular flexibility index (Phi) is 4.09. The van der Waals surface area contributed by atoms with Crippen LogP contribution in [0.25, 0.3) is 0 Å². The second-order valence-electron chi connectivity index (χ2n) is 4.39. The van der Waals surface area contributed by atoms with Gasteiger partial charge in [0.2, 0.25) is 0 Å². The number of carbonyl (C=O) groups is 2. The van der Waals surface area contributed by atoms with Gasteiger partial charge < -0.3 is 9.64 Å². The number of rotatable bonds is 2. The molecule has 1 atom stereocenters. The number of amides is 1. The Balaban J connectivity index is 2.25. The fraction of sp³-hybridized carbons (Fsp3) is 0.462. The maximum atomic E-state index is 13.6. The molecule has 1 aliphatic rings. The monoisotopic (exact) mass is 266 g/mol. The first-order chi connectivity index (χ1) is 9.15. The molecule has 0 radical (unpaired) electrons. The van der Waals surface area contributed by atoms with Crippen LogP contribution >= 0.6 is 0 Å². The van der Waals surface area contributed by atoms with Crippen molar-refractivity contribution in [3.8, 4) is 0 Å². The summed E-state index contributed by atoms with van der Waals surface area (Å²) in [5, 5.41) is 0. The Morgan fingerprint density at radius 3 is 2.95 bits per heavy atom. The maximum absolute atomic E-state index is 13.6. The minimum Gasteiger partial charge on any atom is -0.467 e. The summed E-state index contributed by atoms with van der Waals surface area (Å²) < 4.78 is 18.3. The summed E-state index contributed by atoms with van der Waals surface area (Å²) in [6.07, 6.45) is 4.54. The summed E-state index contributed by atoms with van der Waals surface area (Å²) in [7, 11) is 1.28. The molecule has 0 spiro atoms. The summed E-state index contributed by atoms with van der Waals surface area (Å²) in [5.41, 5.74) is -0.0641. The normalized spacial score (nSPS) is 19.1. The van der Waals surface area contributed by atoms with Crippen molar-refractivity contribution in [2.24, 2.45) is 0 Å². The molecule has 1 aromatic rings. The molecule has 2 rings (SSSR count). The van der Waals surface area contributed by atoms with E-state index in [1.54, 1.807) is 0 Å². The molecule has 1 saturated heterocycles. The summed E-state index contributed by atoms with van der Waals surface area (Å²) in [4.78, 5) is 29.0. The predicted molar refractivity (Wildman–Crippen MR) is 64.9 cm³/mol. The van der Waals surface area contributed by atoms with Gasteiger partial charge in [0.25, 0.3) is 5.91 Å². The number of nitrogens with zero attached hydrogens (tertiary/aromatic N) is 2. The number of carbonyl (C=O) groups excluding carboxylic acids is 2. The second-order valence-corrected chi connectivity index (χ2v) is 4.39. The molecule has 6 heteroatoms. The summed E-state index contributed by atoms with van der Waals surface area (Å²) in [5.74, 6) is -1.63. The van der Waals surface area contributed by atoms with E-state index in [2.05, 4.69) is 4.98 Å². The molecule has 1 aromatic heterocycles. The minimum atomic E-state index is -0.679. The second kappa shape index (κ2) is 5.77. The minimum absolute atomic E-state index is 0.0641. The van der Waals surface area contributed by atoms with E-state index in [0.717, 1.165) is 19.0 Å². The molecular weight excluding hydrogens is 251 g/mol. The standard InChI is InChI=1S/C13H15FN2O3/c1-19-13(18)11-4-2-3-7-16(11)12(17)9-5-6-15-8-10(9)14/h5-6,8,11H,2-4,7H2,1H3.